The van der Waals surface area contributed by atoms with E-state index in [1.807, 2.05) is 0 Å². The van der Waals surface area contributed by atoms with E-state index in [9.17, 15) is 21.9 Å². The Balaban J connectivity index is 1.08. The first-order valence-corrected chi connectivity index (χ1v) is 15.7. The number of aliphatic hydroxyl groups excluding tert-OH is 1. The second-order valence-corrected chi connectivity index (χ2v) is 13.8. The van der Waals surface area contributed by atoms with Gasteiger partial charge in [-0.2, -0.15) is 9.40 Å². The molecule has 0 amide bonds. The van der Waals surface area contributed by atoms with Crippen LogP contribution in [0, 0.1) is 0 Å². The van der Waals surface area contributed by atoms with Crippen molar-refractivity contribution in [1.29, 1.82) is 0 Å². The first-order valence-electron chi connectivity index (χ1n) is 12.8. The van der Waals surface area contributed by atoms with E-state index in [2.05, 4.69) is 20.2 Å². The zero-order valence-corrected chi connectivity index (χ0v) is 23.2. The third-order valence-corrected chi connectivity index (χ3v) is 10.7. The molecule has 3 heterocycles. The fourth-order valence-electron chi connectivity index (χ4n) is 5.09. The number of rotatable bonds is 10. The summed E-state index contributed by atoms with van der Waals surface area (Å²) in [6.45, 7) is 1.48. The number of ether oxygens (including phenoxy) is 2. The highest BCUT2D eigenvalue weighted by Crippen LogP contribution is 2.37. The summed E-state index contributed by atoms with van der Waals surface area (Å²) in [5.74, 6) is 0.347. The highest BCUT2D eigenvalue weighted by atomic mass is 32.2. The van der Waals surface area contributed by atoms with Gasteiger partial charge in [0, 0.05) is 37.1 Å². The summed E-state index contributed by atoms with van der Waals surface area (Å²) in [6, 6.07) is 11.1. The molecule has 1 aromatic heterocycles. The molecule has 2 atom stereocenters. The average molecular weight is 580 g/mol. The number of nitrogens with zero attached hydrogens (tertiary/aromatic N) is 2. The summed E-state index contributed by atoms with van der Waals surface area (Å²) < 4.78 is 65.9. The van der Waals surface area contributed by atoms with E-state index in [0.717, 1.165) is 17.3 Å². The van der Waals surface area contributed by atoms with Gasteiger partial charge in [0.25, 0.3) is 0 Å². The lowest BCUT2D eigenvalue weighted by atomic mass is 9.88. The van der Waals surface area contributed by atoms with E-state index in [4.69, 9.17) is 9.47 Å². The Kier molecular flexibility index (Phi) is 7.97. The molecule has 39 heavy (non-hydrogen) atoms. The highest BCUT2D eigenvalue weighted by Gasteiger charge is 2.44. The van der Waals surface area contributed by atoms with E-state index in [0.29, 0.717) is 38.3 Å². The molecular weight excluding hydrogens is 546 g/mol. The van der Waals surface area contributed by atoms with Crippen LogP contribution in [0.2, 0.25) is 0 Å². The van der Waals surface area contributed by atoms with Crippen molar-refractivity contribution in [2.24, 2.45) is 0 Å². The second kappa shape index (κ2) is 11.1. The maximum Gasteiger partial charge on any atom is 0.243 e. The number of aromatic amines is 1. The molecular formula is C25H33N5O7S2. The number of benzene rings is 2. The van der Waals surface area contributed by atoms with Gasteiger partial charge in [0.15, 0.2) is 0 Å². The Morgan fingerprint density at radius 1 is 1.18 bits per heavy atom. The van der Waals surface area contributed by atoms with Crippen molar-refractivity contribution in [3.63, 3.8) is 0 Å². The molecule has 5 rings (SSSR count). The van der Waals surface area contributed by atoms with Crippen LogP contribution in [0.25, 0.3) is 10.9 Å². The molecule has 2 aliphatic rings. The van der Waals surface area contributed by atoms with Crippen LogP contribution in [0.15, 0.2) is 58.5 Å². The van der Waals surface area contributed by atoms with Crippen LogP contribution in [0.3, 0.4) is 0 Å². The third kappa shape index (κ3) is 6.11. The number of piperidine rings is 1. The molecule has 2 saturated heterocycles. The number of aromatic nitrogens is 2. The highest BCUT2D eigenvalue weighted by molar-refractivity contribution is 7.89. The van der Waals surface area contributed by atoms with E-state index in [1.165, 1.54) is 23.5 Å². The molecule has 0 radical (unpaired) electrons. The largest absolute Gasteiger partial charge is 0.491 e. The smallest absolute Gasteiger partial charge is 0.243 e. The minimum atomic E-state index is -3.62. The maximum absolute atomic E-state index is 13.2. The maximum atomic E-state index is 13.2. The minimum absolute atomic E-state index is 0.00773. The Morgan fingerprint density at radius 2 is 1.97 bits per heavy atom. The molecule has 2 aliphatic heterocycles. The van der Waals surface area contributed by atoms with Gasteiger partial charge in [0.1, 0.15) is 18.5 Å². The Bertz CT molecular complexity index is 1520. The van der Waals surface area contributed by atoms with Gasteiger partial charge in [0.2, 0.25) is 20.0 Å². The van der Waals surface area contributed by atoms with Crippen LogP contribution in [-0.2, 0) is 24.8 Å². The Hall–Kier alpha value is -2.59. The summed E-state index contributed by atoms with van der Waals surface area (Å²) in [5, 5.41) is 21.2. The number of nitrogens with one attached hydrogen (secondary N) is 3. The van der Waals surface area contributed by atoms with E-state index in [-0.39, 0.29) is 34.6 Å². The van der Waals surface area contributed by atoms with Crippen molar-refractivity contribution in [2.45, 2.75) is 46.8 Å². The predicted molar refractivity (Wildman–Crippen MR) is 143 cm³/mol. The molecule has 0 saturated carbocycles. The lowest BCUT2D eigenvalue weighted by Gasteiger charge is -2.38. The summed E-state index contributed by atoms with van der Waals surface area (Å²) in [7, 11) is -5.87. The van der Waals surface area contributed by atoms with Crippen LogP contribution >= 0.6 is 0 Å². The van der Waals surface area contributed by atoms with Crippen molar-refractivity contribution in [2.75, 3.05) is 39.9 Å². The monoisotopic (exact) mass is 579 g/mol. The number of aliphatic hydroxyl groups is 1. The first kappa shape index (κ1) is 28.0. The van der Waals surface area contributed by atoms with Crippen molar-refractivity contribution in [3.05, 3.63) is 48.7 Å². The molecule has 1 spiro atoms. The normalized spacial score (nSPS) is 20.9. The molecule has 0 bridgehead atoms. The summed E-state index contributed by atoms with van der Waals surface area (Å²) in [4.78, 5) is 0.340. The first-order chi connectivity index (χ1) is 18.6. The topological polar surface area (TPSA) is 163 Å². The molecule has 4 N–H and O–H groups in total. The number of sulfonamides is 2. The number of hydrogen-bond donors (Lipinski definition) is 4. The van der Waals surface area contributed by atoms with Gasteiger partial charge in [0.05, 0.1) is 33.7 Å². The minimum Gasteiger partial charge on any atom is -0.491 e. The lowest BCUT2D eigenvalue weighted by Crippen LogP contribution is -2.47. The zero-order chi connectivity index (χ0) is 27.7. The van der Waals surface area contributed by atoms with E-state index >= 15 is 0 Å². The van der Waals surface area contributed by atoms with Crippen molar-refractivity contribution in [3.8, 4) is 5.75 Å². The van der Waals surface area contributed by atoms with Crippen LogP contribution in [0.1, 0.15) is 19.3 Å². The van der Waals surface area contributed by atoms with Gasteiger partial charge in [-0.1, -0.05) is 6.07 Å². The molecule has 2 aromatic carbocycles. The van der Waals surface area contributed by atoms with Crippen molar-refractivity contribution >= 4 is 30.9 Å². The van der Waals surface area contributed by atoms with Gasteiger partial charge in [-0.3, -0.25) is 5.10 Å². The van der Waals surface area contributed by atoms with Crippen LogP contribution < -0.4 is 14.8 Å². The van der Waals surface area contributed by atoms with E-state index < -0.39 is 26.2 Å². The number of fused-ring (bicyclic) bond motifs is 1. The van der Waals surface area contributed by atoms with Crippen molar-refractivity contribution < 1.29 is 31.4 Å². The molecule has 14 heteroatoms. The standard InChI is InChI=1S/C25H33N5O7S2/c1-26-38(32,33)22-4-2-3-21(12-22)36-17-20(31)15-27-19-13-25(37-16-19)7-9-30(10-8-25)39(34,35)23-5-6-24-18(11-23)14-28-29-24/h2-6,11-12,14,19-20,26-27,31H,7-10,13,15-17H2,1H3,(H,28,29). The van der Waals surface area contributed by atoms with Gasteiger partial charge >= 0.3 is 0 Å². The van der Waals surface area contributed by atoms with Crippen molar-refractivity contribution in [1.82, 2.24) is 24.5 Å². The van der Waals surface area contributed by atoms with Crippen LogP contribution in [0.5, 0.6) is 5.75 Å². The quantitative estimate of drug-likeness (QED) is 0.272. The molecule has 212 valence electrons. The molecule has 12 nitrogen and oxygen atoms in total. The SMILES string of the molecule is CNS(=O)(=O)c1cccc(OCC(O)CNC2COC3(CCN(S(=O)(=O)c4ccc5[nH]ncc5c4)CC3)C2)c1. The molecule has 3 aromatic rings. The third-order valence-electron chi connectivity index (χ3n) is 7.36. The summed E-state index contributed by atoms with van der Waals surface area (Å²) in [5.41, 5.74) is 0.397. The predicted octanol–water partition coefficient (Wildman–Crippen LogP) is 0.813. The Labute approximate surface area is 227 Å². The van der Waals surface area contributed by atoms with Gasteiger partial charge < -0.3 is 19.9 Å². The van der Waals surface area contributed by atoms with Crippen LogP contribution in [0.4, 0.5) is 0 Å². The molecule has 2 fully saturated rings. The van der Waals surface area contributed by atoms with Gasteiger partial charge in [-0.15, -0.1) is 0 Å². The van der Waals surface area contributed by atoms with E-state index in [1.54, 1.807) is 36.5 Å². The van der Waals surface area contributed by atoms with Gasteiger partial charge in [-0.25, -0.2) is 21.6 Å². The summed E-state index contributed by atoms with van der Waals surface area (Å²) >= 11 is 0. The molecule has 0 aliphatic carbocycles. The zero-order valence-electron chi connectivity index (χ0n) is 21.5. The lowest BCUT2D eigenvalue weighted by molar-refractivity contribution is -0.0312. The average Bonchev–Trinajstić information content (AvgIpc) is 3.58. The number of H-pyrrole nitrogens is 1. The Morgan fingerprint density at radius 3 is 2.74 bits per heavy atom. The van der Waals surface area contributed by atoms with Gasteiger partial charge in [-0.05, 0) is 56.6 Å². The molecule has 2 unspecified atom stereocenters. The van der Waals surface area contributed by atoms with Crippen LogP contribution in [-0.4, -0.2) is 94.1 Å². The number of hydrogen-bond acceptors (Lipinski definition) is 9. The second-order valence-electron chi connectivity index (χ2n) is 9.97. The summed E-state index contributed by atoms with van der Waals surface area (Å²) in [6.07, 6.45) is 2.70. The fourth-order valence-corrected chi connectivity index (χ4v) is 7.33. The fraction of sp³-hybridized carbons (Fsp3) is 0.480.